The summed E-state index contributed by atoms with van der Waals surface area (Å²) in [5, 5.41) is 4.06. The lowest BCUT2D eigenvalue weighted by atomic mass is 9.92. The third kappa shape index (κ3) is 3.79. The summed E-state index contributed by atoms with van der Waals surface area (Å²) in [6.45, 7) is 6.30. The zero-order valence-electron chi connectivity index (χ0n) is 13.5. The van der Waals surface area contributed by atoms with Gasteiger partial charge in [-0.05, 0) is 67.3 Å². The molecule has 1 fully saturated rings. The van der Waals surface area contributed by atoms with Crippen molar-refractivity contribution in [2.75, 3.05) is 13.1 Å². The predicted octanol–water partition coefficient (Wildman–Crippen LogP) is 4.42. The van der Waals surface area contributed by atoms with Gasteiger partial charge in [0.2, 0.25) is 0 Å². The zero-order chi connectivity index (χ0) is 16.4. The minimum absolute atomic E-state index is 0.104. The van der Waals surface area contributed by atoms with E-state index < -0.39 is 0 Å². The molecule has 0 unspecified atom stereocenters. The Morgan fingerprint density at radius 3 is 2.83 bits per heavy atom. The van der Waals surface area contributed by atoms with Crippen LogP contribution < -0.4 is 0 Å². The lowest BCUT2D eigenvalue weighted by molar-refractivity contribution is 0.0815. The predicted molar refractivity (Wildman–Crippen MR) is 95.7 cm³/mol. The average Bonchev–Trinajstić information content (AvgIpc) is 3.16. The van der Waals surface area contributed by atoms with Crippen molar-refractivity contribution in [1.82, 2.24) is 4.90 Å². The highest BCUT2D eigenvalue weighted by Gasteiger charge is 2.28. The van der Waals surface area contributed by atoms with Crippen molar-refractivity contribution in [3.05, 3.63) is 43.8 Å². The second kappa shape index (κ2) is 7.07. The number of Topliss-reactive ketones (excluding diaryl/α,β-unsaturated/α-hetero) is 2. The molecular formula is C18H21NO2S2. The van der Waals surface area contributed by atoms with E-state index in [1.54, 1.807) is 18.3 Å². The summed E-state index contributed by atoms with van der Waals surface area (Å²) >= 11 is 3.07. The number of carbonyl (C=O) groups is 2. The van der Waals surface area contributed by atoms with Crippen molar-refractivity contribution in [3.8, 4) is 0 Å². The third-order valence-electron chi connectivity index (χ3n) is 4.37. The number of piperidine rings is 1. The molecule has 1 atom stereocenters. The number of ketones is 2. The minimum atomic E-state index is 0.104. The molecule has 0 spiro atoms. The quantitative estimate of drug-likeness (QED) is 0.752. The number of nitrogens with zero attached hydrogens (tertiary/aromatic N) is 1. The molecule has 0 amide bonds. The molecule has 0 radical (unpaired) electrons. The molecule has 0 aromatic carbocycles. The minimum Gasteiger partial charge on any atom is -0.298 e. The number of hydrogen-bond donors (Lipinski definition) is 0. The van der Waals surface area contributed by atoms with Crippen molar-refractivity contribution < 1.29 is 9.59 Å². The first-order chi connectivity index (χ1) is 11.0. The number of carbonyl (C=O) groups excluding carboxylic acids is 2. The maximum atomic E-state index is 12.7. The Morgan fingerprint density at radius 1 is 1.35 bits per heavy atom. The number of hydrogen-bond acceptors (Lipinski definition) is 5. The van der Waals surface area contributed by atoms with Crippen molar-refractivity contribution in [1.29, 1.82) is 0 Å². The third-order valence-corrected chi connectivity index (χ3v) is 6.48. The van der Waals surface area contributed by atoms with Gasteiger partial charge in [-0.3, -0.25) is 14.5 Å². The van der Waals surface area contributed by atoms with Gasteiger partial charge in [-0.1, -0.05) is 0 Å². The second-order valence-corrected chi connectivity index (χ2v) is 8.07. The maximum absolute atomic E-state index is 12.7. The fourth-order valence-electron chi connectivity index (χ4n) is 3.13. The number of likely N-dealkylation sites (tertiary alicyclic amines) is 1. The summed E-state index contributed by atoms with van der Waals surface area (Å²) in [7, 11) is 0. The number of aryl methyl sites for hydroxylation is 1. The monoisotopic (exact) mass is 347 g/mol. The van der Waals surface area contributed by atoms with Gasteiger partial charge in [-0.25, -0.2) is 0 Å². The first-order valence-corrected chi connectivity index (χ1v) is 9.69. The summed E-state index contributed by atoms with van der Waals surface area (Å²) in [4.78, 5) is 28.2. The highest BCUT2D eigenvalue weighted by molar-refractivity contribution is 7.12. The molecule has 0 N–H and O–H groups in total. The molecule has 2 aromatic rings. The van der Waals surface area contributed by atoms with Crippen LogP contribution in [0.25, 0.3) is 0 Å². The SMILES string of the molecule is CC(=O)c1cc(CN2CCC[C@H](C(=O)c3sccc3C)C2)cs1. The summed E-state index contributed by atoms with van der Waals surface area (Å²) in [6.07, 6.45) is 2.04. The van der Waals surface area contributed by atoms with Crippen molar-refractivity contribution in [2.45, 2.75) is 33.2 Å². The van der Waals surface area contributed by atoms with Crippen LogP contribution in [0.2, 0.25) is 0 Å². The van der Waals surface area contributed by atoms with Gasteiger partial charge in [0.1, 0.15) is 0 Å². The fraction of sp³-hybridized carbons (Fsp3) is 0.444. The van der Waals surface area contributed by atoms with E-state index in [0.717, 1.165) is 47.8 Å². The zero-order valence-corrected chi connectivity index (χ0v) is 15.1. The molecule has 3 heterocycles. The second-order valence-electron chi connectivity index (χ2n) is 6.25. The smallest absolute Gasteiger partial charge is 0.177 e. The Bertz CT molecular complexity index is 716. The van der Waals surface area contributed by atoms with Crippen LogP contribution in [0.3, 0.4) is 0 Å². The topological polar surface area (TPSA) is 37.4 Å². The summed E-state index contributed by atoms with van der Waals surface area (Å²) < 4.78 is 0. The molecule has 23 heavy (non-hydrogen) atoms. The van der Waals surface area contributed by atoms with Crippen LogP contribution in [0, 0.1) is 12.8 Å². The molecule has 0 aliphatic carbocycles. The fourth-order valence-corrected chi connectivity index (χ4v) is 4.88. The highest BCUT2D eigenvalue weighted by Crippen LogP contribution is 2.27. The van der Waals surface area contributed by atoms with Crippen molar-refractivity contribution >= 4 is 34.2 Å². The van der Waals surface area contributed by atoms with E-state index in [0.29, 0.717) is 5.78 Å². The van der Waals surface area contributed by atoms with E-state index in [1.165, 1.54) is 16.9 Å². The van der Waals surface area contributed by atoms with Gasteiger partial charge in [0.25, 0.3) is 0 Å². The normalized spacial score (nSPS) is 19.0. The molecule has 5 heteroatoms. The van der Waals surface area contributed by atoms with Crippen LogP contribution in [0.15, 0.2) is 22.9 Å². The van der Waals surface area contributed by atoms with Gasteiger partial charge >= 0.3 is 0 Å². The Balaban J connectivity index is 1.65. The summed E-state index contributed by atoms with van der Waals surface area (Å²) in [6, 6.07) is 4.01. The molecule has 0 bridgehead atoms. The molecule has 2 aromatic heterocycles. The Kier molecular flexibility index (Phi) is 5.09. The van der Waals surface area contributed by atoms with Crippen LogP contribution in [-0.4, -0.2) is 29.6 Å². The lowest BCUT2D eigenvalue weighted by Gasteiger charge is -2.31. The number of thiophene rings is 2. The average molecular weight is 348 g/mol. The maximum Gasteiger partial charge on any atom is 0.177 e. The first kappa shape index (κ1) is 16.6. The molecule has 122 valence electrons. The van der Waals surface area contributed by atoms with E-state index in [2.05, 4.69) is 10.3 Å². The van der Waals surface area contributed by atoms with Crippen LogP contribution in [0.5, 0.6) is 0 Å². The van der Waals surface area contributed by atoms with Crippen LogP contribution in [-0.2, 0) is 6.54 Å². The molecule has 1 saturated heterocycles. The standard InChI is InChI=1S/C18H21NO2S2/c1-12-5-7-22-18(12)17(21)15-4-3-6-19(10-15)9-14-8-16(13(2)20)23-11-14/h5,7-8,11,15H,3-4,6,9-10H2,1-2H3/t15-/m0/s1. The van der Waals surface area contributed by atoms with Crippen LogP contribution in [0.4, 0.5) is 0 Å². The van der Waals surface area contributed by atoms with Crippen molar-refractivity contribution in [3.63, 3.8) is 0 Å². The first-order valence-electron chi connectivity index (χ1n) is 7.93. The van der Waals surface area contributed by atoms with E-state index in [1.807, 2.05) is 24.4 Å². The van der Waals surface area contributed by atoms with Gasteiger partial charge in [0.05, 0.1) is 9.75 Å². The number of rotatable bonds is 5. The molecule has 1 aliphatic rings. The van der Waals surface area contributed by atoms with Crippen molar-refractivity contribution in [2.24, 2.45) is 5.92 Å². The molecule has 3 nitrogen and oxygen atoms in total. The Morgan fingerprint density at radius 2 is 2.17 bits per heavy atom. The largest absolute Gasteiger partial charge is 0.298 e. The lowest BCUT2D eigenvalue weighted by Crippen LogP contribution is -2.38. The van der Waals surface area contributed by atoms with Gasteiger partial charge in [0, 0.05) is 19.0 Å². The van der Waals surface area contributed by atoms with Gasteiger partial charge in [-0.2, -0.15) is 0 Å². The van der Waals surface area contributed by atoms with Gasteiger partial charge in [0.15, 0.2) is 11.6 Å². The van der Waals surface area contributed by atoms with Gasteiger partial charge < -0.3 is 0 Å². The Hall–Kier alpha value is -1.30. The van der Waals surface area contributed by atoms with E-state index in [9.17, 15) is 9.59 Å². The molecule has 0 saturated carbocycles. The van der Waals surface area contributed by atoms with E-state index >= 15 is 0 Å². The van der Waals surface area contributed by atoms with E-state index in [-0.39, 0.29) is 11.7 Å². The highest BCUT2D eigenvalue weighted by atomic mass is 32.1. The Labute approximate surface area is 144 Å². The molecule has 3 rings (SSSR count). The molecule has 1 aliphatic heterocycles. The molecular weight excluding hydrogens is 326 g/mol. The van der Waals surface area contributed by atoms with E-state index in [4.69, 9.17) is 0 Å². The van der Waals surface area contributed by atoms with Crippen LogP contribution >= 0.6 is 22.7 Å². The summed E-state index contributed by atoms with van der Waals surface area (Å²) in [5.41, 5.74) is 2.28. The van der Waals surface area contributed by atoms with Crippen LogP contribution in [0.1, 0.15) is 50.2 Å². The summed E-state index contributed by atoms with van der Waals surface area (Å²) in [5.74, 6) is 0.532. The van der Waals surface area contributed by atoms with Gasteiger partial charge in [-0.15, -0.1) is 22.7 Å².